The first-order valence-electron chi connectivity index (χ1n) is 14.3. The molecule has 0 spiro atoms. The zero-order valence-electron chi connectivity index (χ0n) is 25.0. The largest absolute Gasteiger partial charge is 0.490 e. The molecule has 2 aliphatic rings. The number of carbonyl (C=O) groups is 1. The molecule has 0 bridgehead atoms. The molecule has 6 rings (SSSR count). The molecule has 1 aromatic heterocycles. The van der Waals surface area contributed by atoms with E-state index in [1.54, 1.807) is 36.4 Å². The molecule has 3 aromatic carbocycles. The predicted octanol–water partition coefficient (Wildman–Crippen LogP) is 5.43. The third-order valence-corrected chi connectivity index (χ3v) is 8.71. The van der Waals surface area contributed by atoms with Gasteiger partial charge in [0.25, 0.3) is 5.56 Å². The van der Waals surface area contributed by atoms with Gasteiger partial charge in [0.15, 0.2) is 33.5 Å². The van der Waals surface area contributed by atoms with E-state index in [0.717, 1.165) is 5.56 Å². The number of benzene rings is 3. The van der Waals surface area contributed by atoms with Gasteiger partial charge >= 0.3 is 5.97 Å². The molecule has 0 unspecified atom stereocenters. The van der Waals surface area contributed by atoms with Crippen molar-refractivity contribution in [2.45, 2.75) is 26.5 Å². The smallest absolute Gasteiger partial charge is 0.337 e. The normalized spacial score (nSPS) is 15.1. The Morgan fingerprint density at radius 3 is 2.48 bits per heavy atom. The Morgan fingerprint density at radius 2 is 1.74 bits per heavy atom. The number of methoxy groups -OCH3 is 1. The molecule has 0 radical (unpaired) electrons. The van der Waals surface area contributed by atoms with Crippen LogP contribution in [0.2, 0.25) is 10.0 Å². The number of carbonyl (C=O) groups excluding carboxylic acids is 1. The topological polar surface area (TPSA) is 107 Å². The molecule has 0 fully saturated rings. The van der Waals surface area contributed by atoms with Crippen LogP contribution < -0.4 is 38.6 Å². The lowest BCUT2D eigenvalue weighted by atomic mass is 9.97. The number of aromatic nitrogens is 1. The van der Waals surface area contributed by atoms with E-state index in [4.69, 9.17) is 51.6 Å². The van der Waals surface area contributed by atoms with Crippen molar-refractivity contribution in [3.8, 4) is 28.7 Å². The Hall–Kier alpha value is -4.45. The number of thiazole rings is 1. The molecule has 238 valence electrons. The summed E-state index contributed by atoms with van der Waals surface area (Å²) < 4.78 is 35.1. The highest BCUT2D eigenvalue weighted by molar-refractivity contribution is 7.07. The Morgan fingerprint density at radius 1 is 1.00 bits per heavy atom. The number of halogens is 2. The highest BCUT2D eigenvalue weighted by atomic mass is 35.5. The molecule has 13 heteroatoms. The van der Waals surface area contributed by atoms with E-state index in [2.05, 4.69) is 4.99 Å². The molecule has 4 aromatic rings. The summed E-state index contributed by atoms with van der Waals surface area (Å²) in [5, 5.41) is 0.548. The standard InChI is InChI=1S/C33H28Cl2N2O8S/c1-4-41-24-9-7-20(14-27(24)42-5-2)29-21(32(39)40-3)15-36-33-37(29)31(38)28(46-33)13-19-10-22(34)30(23(35)11-19)43-16-18-6-8-25-26(12-18)45-17-44-25/h6-15,29H,4-5,16-17H2,1-3H3/b28-13-/t29-/m0/s1. The summed E-state index contributed by atoms with van der Waals surface area (Å²) in [6.45, 7) is 4.97. The molecule has 0 saturated heterocycles. The number of hydrogen-bond acceptors (Lipinski definition) is 10. The minimum atomic E-state index is -0.820. The van der Waals surface area contributed by atoms with E-state index < -0.39 is 12.0 Å². The van der Waals surface area contributed by atoms with Gasteiger partial charge in [0, 0.05) is 6.20 Å². The van der Waals surface area contributed by atoms with Gasteiger partial charge < -0.3 is 28.4 Å². The highest BCUT2D eigenvalue weighted by Crippen LogP contribution is 2.37. The number of nitrogens with zero attached hydrogens (tertiary/aromatic N) is 2. The molecule has 46 heavy (non-hydrogen) atoms. The second-order valence-corrected chi connectivity index (χ2v) is 11.9. The third-order valence-electron chi connectivity index (χ3n) is 7.15. The zero-order chi connectivity index (χ0) is 32.4. The van der Waals surface area contributed by atoms with E-state index in [0.29, 0.717) is 62.4 Å². The predicted molar refractivity (Wildman–Crippen MR) is 173 cm³/mol. The summed E-state index contributed by atoms with van der Waals surface area (Å²) in [5.41, 5.74) is 1.90. The Bertz CT molecular complexity index is 2010. The molecule has 3 heterocycles. The van der Waals surface area contributed by atoms with Gasteiger partial charge in [-0.15, -0.1) is 0 Å². The molecule has 0 aliphatic carbocycles. The van der Waals surface area contributed by atoms with Crippen molar-refractivity contribution < 1.29 is 33.2 Å². The summed E-state index contributed by atoms with van der Waals surface area (Å²) in [6.07, 6.45) is 3.11. The van der Waals surface area contributed by atoms with Crippen molar-refractivity contribution in [3.63, 3.8) is 0 Å². The minimum Gasteiger partial charge on any atom is -0.490 e. The van der Waals surface area contributed by atoms with Crippen LogP contribution in [0.5, 0.6) is 28.7 Å². The van der Waals surface area contributed by atoms with Crippen molar-refractivity contribution in [1.29, 1.82) is 0 Å². The third kappa shape index (κ3) is 6.18. The number of ether oxygens (including phenoxy) is 6. The Labute approximate surface area is 277 Å². The average Bonchev–Trinajstić information content (AvgIpc) is 3.64. The number of hydrogen-bond donors (Lipinski definition) is 0. The van der Waals surface area contributed by atoms with Crippen LogP contribution in [0, 0.1) is 0 Å². The SMILES string of the molecule is CCOc1ccc([C@H]2C(C(=O)OC)=CN=c3s/c(=C\c4cc(Cl)c(OCc5ccc6c(c5)OCO6)c(Cl)c4)c(=O)n32)cc1OCC. The van der Waals surface area contributed by atoms with Gasteiger partial charge in [-0.25, -0.2) is 9.79 Å². The minimum absolute atomic E-state index is 0.181. The Kier molecular flexibility index (Phi) is 9.25. The van der Waals surface area contributed by atoms with E-state index in [9.17, 15) is 9.59 Å². The fourth-order valence-electron chi connectivity index (χ4n) is 5.13. The van der Waals surface area contributed by atoms with Gasteiger partial charge in [0.2, 0.25) is 6.79 Å². The van der Waals surface area contributed by atoms with Gasteiger partial charge in [-0.3, -0.25) is 9.36 Å². The van der Waals surface area contributed by atoms with E-state index in [-0.39, 0.29) is 34.6 Å². The second kappa shape index (κ2) is 13.5. The summed E-state index contributed by atoms with van der Waals surface area (Å²) in [4.78, 5) is 31.7. The van der Waals surface area contributed by atoms with E-state index in [1.165, 1.54) is 29.2 Å². The van der Waals surface area contributed by atoms with E-state index >= 15 is 0 Å². The average molecular weight is 684 g/mol. The first-order valence-corrected chi connectivity index (χ1v) is 15.9. The maximum atomic E-state index is 14.0. The van der Waals surface area contributed by atoms with Gasteiger partial charge in [0.1, 0.15) is 6.61 Å². The zero-order valence-corrected chi connectivity index (χ0v) is 27.3. The van der Waals surface area contributed by atoms with Gasteiger partial charge in [-0.1, -0.05) is 46.7 Å². The molecular formula is C33H28Cl2N2O8S. The lowest BCUT2D eigenvalue weighted by molar-refractivity contribution is -0.136. The molecule has 2 aliphatic heterocycles. The molecular weight excluding hydrogens is 655 g/mol. The summed E-state index contributed by atoms with van der Waals surface area (Å²) in [6, 6.07) is 13.3. The quantitative estimate of drug-likeness (QED) is 0.204. The fraction of sp³-hybridized carbons (Fsp3) is 0.242. The first kappa shape index (κ1) is 31.5. The number of fused-ring (bicyclic) bond motifs is 2. The summed E-state index contributed by atoms with van der Waals surface area (Å²) in [5.74, 6) is 2.08. The number of esters is 1. The van der Waals surface area contributed by atoms with Crippen molar-refractivity contribution in [1.82, 2.24) is 4.57 Å². The van der Waals surface area contributed by atoms with Crippen LogP contribution in [-0.4, -0.2) is 37.7 Å². The van der Waals surface area contributed by atoms with Crippen molar-refractivity contribution in [2.75, 3.05) is 27.1 Å². The summed E-state index contributed by atoms with van der Waals surface area (Å²) >= 11 is 14.4. The van der Waals surface area contributed by atoms with Gasteiger partial charge in [0.05, 0.1) is 46.5 Å². The maximum Gasteiger partial charge on any atom is 0.337 e. The lowest BCUT2D eigenvalue weighted by Crippen LogP contribution is -2.39. The first-order chi connectivity index (χ1) is 22.3. The van der Waals surface area contributed by atoms with Crippen LogP contribution in [0.3, 0.4) is 0 Å². The van der Waals surface area contributed by atoms with Crippen molar-refractivity contribution in [2.24, 2.45) is 4.99 Å². The van der Waals surface area contributed by atoms with Crippen LogP contribution in [0.4, 0.5) is 0 Å². The van der Waals surface area contributed by atoms with Gasteiger partial charge in [-0.2, -0.15) is 0 Å². The summed E-state index contributed by atoms with van der Waals surface area (Å²) in [7, 11) is 1.28. The van der Waals surface area contributed by atoms with Crippen LogP contribution in [0.25, 0.3) is 6.08 Å². The van der Waals surface area contributed by atoms with Gasteiger partial charge in [-0.05, 0) is 73.0 Å². The van der Waals surface area contributed by atoms with Crippen LogP contribution in [0.15, 0.2) is 70.1 Å². The van der Waals surface area contributed by atoms with Crippen LogP contribution >= 0.6 is 34.5 Å². The molecule has 10 nitrogen and oxygen atoms in total. The number of rotatable bonds is 10. The molecule has 1 atom stereocenters. The molecule has 0 N–H and O–H groups in total. The second-order valence-electron chi connectivity index (χ2n) is 10.0. The van der Waals surface area contributed by atoms with Crippen LogP contribution in [0.1, 0.15) is 36.6 Å². The maximum absolute atomic E-state index is 14.0. The monoisotopic (exact) mass is 682 g/mol. The van der Waals surface area contributed by atoms with Crippen molar-refractivity contribution in [3.05, 3.63) is 107 Å². The van der Waals surface area contributed by atoms with Crippen molar-refractivity contribution >= 4 is 46.6 Å². The molecule has 0 amide bonds. The van der Waals surface area contributed by atoms with E-state index in [1.807, 2.05) is 32.0 Å². The highest BCUT2D eigenvalue weighted by Gasteiger charge is 2.31. The fourth-order valence-corrected chi connectivity index (χ4v) is 6.71. The van der Waals surface area contributed by atoms with Crippen LogP contribution in [-0.2, 0) is 16.1 Å². The lowest BCUT2D eigenvalue weighted by Gasteiger charge is -2.23. The Balaban J connectivity index is 1.34. The molecule has 0 saturated carbocycles.